The van der Waals surface area contributed by atoms with Crippen molar-refractivity contribution >= 4 is 5.82 Å². The van der Waals surface area contributed by atoms with Gasteiger partial charge in [-0.2, -0.15) is 0 Å². The molecule has 0 saturated carbocycles. The van der Waals surface area contributed by atoms with Gasteiger partial charge >= 0.3 is 0 Å². The normalized spacial score (nSPS) is 9.44. The average Bonchev–Trinajstić information content (AvgIpc) is 1.89. The van der Waals surface area contributed by atoms with Gasteiger partial charge in [0.1, 0.15) is 5.82 Å². The molecule has 1 N–H and O–H groups in total. The third-order valence-corrected chi connectivity index (χ3v) is 1.27. The van der Waals surface area contributed by atoms with E-state index in [2.05, 4.69) is 4.98 Å². The number of aromatic nitrogens is 1. The van der Waals surface area contributed by atoms with Crippen molar-refractivity contribution in [3.63, 3.8) is 0 Å². The van der Waals surface area contributed by atoms with Crippen LogP contribution in [0, 0.1) is 0 Å². The minimum atomic E-state index is 0.403. The van der Waals surface area contributed by atoms with E-state index in [9.17, 15) is 0 Å². The summed E-state index contributed by atoms with van der Waals surface area (Å²) >= 11 is 0. The number of hydrogen-bond acceptors (Lipinski definition) is 1. The zero-order chi connectivity index (χ0) is 6.69. The fraction of sp³-hybridized carbons (Fsp3) is 0.286. The van der Waals surface area contributed by atoms with Crippen molar-refractivity contribution in [1.29, 1.82) is 0 Å². The van der Waals surface area contributed by atoms with Crippen molar-refractivity contribution < 1.29 is 0 Å². The van der Waals surface area contributed by atoms with Gasteiger partial charge in [0.05, 0.1) is 0 Å². The van der Waals surface area contributed by atoms with Crippen LogP contribution in [0.15, 0.2) is 18.3 Å². The molecule has 0 saturated heterocycles. The lowest BCUT2D eigenvalue weighted by Crippen LogP contribution is -1.85. The fourth-order valence-corrected chi connectivity index (χ4v) is 0.724. The van der Waals surface area contributed by atoms with Crippen LogP contribution < -0.4 is 5.73 Å². The molecule has 0 aliphatic carbocycles. The SMILES string of the molecule is CCc1cccnc1[NH]. The molecule has 1 radical (unpaired) electrons. The van der Waals surface area contributed by atoms with Crippen LogP contribution in [-0.4, -0.2) is 4.98 Å². The third kappa shape index (κ3) is 1.19. The number of pyridine rings is 1. The highest BCUT2D eigenvalue weighted by Gasteiger charge is 1.92. The van der Waals surface area contributed by atoms with E-state index in [1.54, 1.807) is 6.20 Å². The highest BCUT2D eigenvalue weighted by atomic mass is 14.8. The molecule has 47 valence electrons. The minimum Gasteiger partial charge on any atom is -0.283 e. The van der Waals surface area contributed by atoms with Gasteiger partial charge in [-0.25, -0.2) is 4.98 Å². The van der Waals surface area contributed by atoms with Crippen LogP contribution in [0.3, 0.4) is 0 Å². The highest BCUT2D eigenvalue weighted by Crippen LogP contribution is 2.07. The Morgan fingerprint density at radius 3 is 2.89 bits per heavy atom. The largest absolute Gasteiger partial charge is 0.283 e. The second-order valence-corrected chi connectivity index (χ2v) is 1.86. The van der Waals surface area contributed by atoms with Crippen LogP contribution in [-0.2, 0) is 6.42 Å². The number of nitrogens with one attached hydrogen (secondary N) is 1. The lowest BCUT2D eigenvalue weighted by atomic mass is 10.2. The molecule has 0 atom stereocenters. The van der Waals surface area contributed by atoms with Gasteiger partial charge in [-0.15, -0.1) is 0 Å². The molecule has 0 unspecified atom stereocenters. The molecular formula is C7H9N2. The Kier molecular flexibility index (Phi) is 1.68. The van der Waals surface area contributed by atoms with E-state index >= 15 is 0 Å². The average molecular weight is 121 g/mol. The summed E-state index contributed by atoms with van der Waals surface area (Å²) in [5, 5.41) is 0. The molecule has 2 nitrogen and oxygen atoms in total. The van der Waals surface area contributed by atoms with Crippen molar-refractivity contribution in [2.75, 3.05) is 0 Å². The van der Waals surface area contributed by atoms with E-state index in [1.807, 2.05) is 19.1 Å². The predicted molar refractivity (Wildman–Crippen MR) is 36.4 cm³/mol. The van der Waals surface area contributed by atoms with Gasteiger partial charge in [0.25, 0.3) is 0 Å². The van der Waals surface area contributed by atoms with Gasteiger partial charge in [0.2, 0.25) is 0 Å². The van der Waals surface area contributed by atoms with Crippen LogP contribution in [0.1, 0.15) is 12.5 Å². The molecular weight excluding hydrogens is 112 g/mol. The van der Waals surface area contributed by atoms with Crippen LogP contribution >= 0.6 is 0 Å². The van der Waals surface area contributed by atoms with Crippen LogP contribution in [0.25, 0.3) is 0 Å². The third-order valence-electron chi connectivity index (χ3n) is 1.27. The van der Waals surface area contributed by atoms with Gasteiger partial charge in [-0.3, -0.25) is 5.73 Å². The molecule has 0 amide bonds. The van der Waals surface area contributed by atoms with Crippen molar-refractivity contribution in [3.8, 4) is 0 Å². The van der Waals surface area contributed by atoms with Gasteiger partial charge in [0.15, 0.2) is 0 Å². The van der Waals surface area contributed by atoms with Gasteiger partial charge < -0.3 is 0 Å². The van der Waals surface area contributed by atoms with E-state index in [0.29, 0.717) is 5.82 Å². The standard InChI is InChI=1S/C7H9N2/c1-2-6-4-3-5-9-7(6)8/h3-5,8H,2H2,1H3. The summed E-state index contributed by atoms with van der Waals surface area (Å²) in [6, 6.07) is 3.78. The molecule has 0 spiro atoms. The monoisotopic (exact) mass is 121 g/mol. The van der Waals surface area contributed by atoms with Crippen molar-refractivity contribution in [2.45, 2.75) is 13.3 Å². The van der Waals surface area contributed by atoms with E-state index in [1.165, 1.54) is 0 Å². The lowest BCUT2D eigenvalue weighted by Gasteiger charge is -1.95. The van der Waals surface area contributed by atoms with E-state index in [4.69, 9.17) is 5.73 Å². The summed E-state index contributed by atoms with van der Waals surface area (Å²) in [6.45, 7) is 2.02. The summed E-state index contributed by atoms with van der Waals surface area (Å²) in [7, 11) is 0. The lowest BCUT2D eigenvalue weighted by molar-refractivity contribution is 1.08. The summed E-state index contributed by atoms with van der Waals surface area (Å²) in [5.74, 6) is 0.403. The zero-order valence-electron chi connectivity index (χ0n) is 5.39. The van der Waals surface area contributed by atoms with E-state index in [0.717, 1.165) is 12.0 Å². The Labute approximate surface area is 54.7 Å². The molecule has 1 rings (SSSR count). The summed E-state index contributed by atoms with van der Waals surface area (Å²) in [5.41, 5.74) is 8.27. The molecule has 0 aromatic carbocycles. The fourth-order valence-electron chi connectivity index (χ4n) is 0.724. The second kappa shape index (κ2) is 2.49. The Bertz CT molecular complexity index is 196. The Balaban J connectivity index is 3.01. The van der Waals surface area contributed by atoms with E-state index in [-0.39, 0.29) is 0 Å². The first-order chi connectivity index (χ1) is 4.34. The van der Waals surface area contributed by atoms with E-state index < -0.39 is 0 Å². The predicted octanol–water partition coefficient (Wildman–Crippen LogP) is 1.56. The number of hydrogen-bond donors (Lipinski definition) is 0. The van der Waals surface area contributed by atoms with Crippen LogP contribution in [0.5, 0.6) is 0 Å². The van der Waals surface area contributed by atoms with Crippen molar-refractivity contribution in [1.82, 2.24) is 10.7 Å². The zero-order valence-corrected chi connectivity index (χ0v) is 5.39. The highest BCUT2D eigenvalue weighted by molar-refractivity contribution is 5.34. The smallest absolute Gasteiger partial charge is 0.147 e. The van der Waals surface area contributed by atoms with Gasteiger partial charge in [-0.05, 0) is 18.1 Å². The van der Waals surface area contributed by atoms with Crippen molar-refractivity contribution in [2.24, 2.45) is 0 Å². The first kappa shape index (κ1) is 6.08. The molecule has 0 aliphatic heterocycles. The Morgan fingerprint density at radius 1 is 1.67 bits per heavy atom. The topological polar surface area (TPSA) is 36.7 Å². The molecule has 0 aliphatic rings. The molecule has 1 aromatic rings. The maximum Gasteiger partial charge on any atom is 0.147 e. The van der Waals surface area contributed by atoms with Gasteiger partial charge in [-0.1, -0.05) is 13.0 Å². The Hall–Kier alpha value is -1.05. The quantitative estimate of drug-likeness (QED) is 0.555. The second-order valence-electron chi connectivity index (χ2n) is 1.86. The minimum absolute atomic E-state index is 0.403. The van der Waals surface area contributed by atoms with Crippen molar-refractivity contribution in [3.05, 3.63) is 23.9 Å². The number of nitrogens with zero attached hydrogens (tertiary/aromatic N) is 1. The number of rotatable bonds is 1. The number of aryl methyl sites for hydroxylation is 1. The summed E-state index contributed by atoms with van der Waals surface area (Å²) in [4.78, 5) is 3.82. The Morgan fingerprint density at radius 2 is 2.44 bits per heavy atom. The first-order valence-corrected chi connectivity index (χ1v) is 3.00. The van der Waals surface area contributed by atoms with Crippen LogP contribution in [0.4, 0.5) is 5.82 Å². The molecule has 9 heavy (non-hydrogen) atoms. The molecule has 2 heteroatoms. The summed E-state index contributed by atoms with van der Waals surface area (Å²) < 4.78 is 0. The maximum atomic E-state index is 7.26. The first-order valence-electron chi connectivity index (χ1n) is 3.00. The van der Waals surface area contributed by atoms with Gasteiger partial charge in [0, 0.05) is 6.20 Å². The maximum absolute atomic E-state index is 7.26. The summed E-state index contributed by atoms with van der Waals surface area (Å²) in [6.07, 6.45) is 2.54. The molecule has 0 bridgehead atoms. The molecule has 1 heterocycles. The molecule has 1 aromatic heterocycles. The molecule has 0 fully saturated rings. The van der Waals surface area contributed by atoms with Crippen LogP contribution in [0.2, 0.25) is 0 Å².